The van der Waals surface area contributed by atoms with Crippen molar-refractivity contribution in [2.24, 2.45) is 0 Å². The van der Waals surface area contributed by atoms with Crippen LogP contribution >= 0.6 is 11.3 Å². The number of aryl methyl sites for hydroxylation is 2. The van der Waals surface area contributed by atoms with Crippen LogP contribution < -0.4 is 5.32 Å². The molecule has 0 spiro atoms. The summed E-state index contributed by atoms with van der Waals surface area (Å²) in [7, 11) is -3.39. The number of anilines is 1. The van der Waals surface area contributed by atoms with Gasteiger partial charge in [-0.3, -0.25) is 15.1 Å². The topological polar surface area (TPSA) is 98.2 Å². The number of pyridine rings is 1. The molecule has 1 atom stereocenters. The lowest BCUT2D eigenvalue weighted by Gasteiger charge is -2.21. The van der Waals surface area contributed by atoms with E-state index in [2.05, 4.69) is 15.3 Å². The SMILES string of the molecule is O=C(Nc1nc2c(s1)CCCC2)C(OC1CCCC1)c1ccc(S(=O)(=O)C2CCCC2)cn1. The number of fused-ring (bicyclic) bond motifs is 1. The minimum Gasteiger partial charge on any atom is -0.359 e. The van der Waals surface area contributed by atoms with Gasteiger partial charge < -0.3 is 4.74 Å². The third-order valence-corrected chi connectivity index (χ3v) is 10.4. The Balaban J connectivity index is 1.36. The molecule has 1 amide bonds. The largest absolute Gasteiger partial charge is 0.359 e. The summed E-state index contributed by atoms with van der Waals surface area (Å²) in [6, 6.07) is 3.21. The highest BCUT2D eigenvalue weighted by molar-refractivity contribution is 7.92. The van der Waals surface area contributed by atoms with Gasteiger partial charge in [0.2, 0.25) is 0 Å². The van der Waals surface area contributed by atoms with Gasteiger partial charge >= 0.3 is 0 Å². The van der Waals surface area contributed by atoms with Crippen molar-refractivity contribution in [1.29, 1.82) is 0 Å². The predicted molar refractivity (Wildman–Crippen MR) is 127 cm³/mol. The fourth-order valence-electron chi connectivity index (χ4n) is 5.17. The van der Waals surface area contributed by atoms with Gasteiger partial charge in [0, 0.05) is 11.1 Å². The summed E-state index contributed by atoms with van der Waals surface area (Å²) < 4.78 is 32.0. The van der Waals surface area contributed by atoms with Crippen LogP contribution in [-0.2, 0) is 32.2 Å². The summed E-state index contributed by atoms with van der Waals surface area (Å²) in [4.78, 5) is 23.8. The number of nitrogens with zero attached hydrogens (tertiary/aromatic N) is 2. The molecule has 2 aromatic rings. The Kier molecular flexibility index (Phi) is 6.81. The molecule has 0 radical (unpaired) electrons. The molecular formula is C24H31N3O4S2. The Morgan fingerprint density at radius 1 is 1.03 bits per heavy atom. The molecule has 9 heteroatoms. The van der Waals surface area contributed by atoms with E-state index in [1.165, 1.54) is 11.1 Å². The van der Waals surface area contributed by atoms with E-state index in [9.17, 15) is 13.2 Å². The maximum Gasteiger partial charge on any atom is 0.261 e. The van der Waals surface area contributed by atoms with Gasteiger partial charge in [-0.05, 0) is 63.5 Å². The van der Waals surface area contributed by atoms with Crippen molar-refractivity contribution in [3.8, 4) is 0 Å². The first-order valence-corrected chi connectivity index (χ1v) is 14.5. The Hall–Kier alpha value is -1.84. The second kappa shape index (κ2) is 9.80. The predicted octanol–water partition coefficient (Wildman–Crippen LogP) is 4.77. The average Bonchev–Trinajstić information content (AvgIpc) is 3.59. The van der Waals surface area contributed by atoms with E-state index in [1.54, 1.807) is 23.5 Å². The van der Waals surface area contributed by atoms with Gasteiger partial charge in [-0.2, -0.15) is 0 Å². The summed E-state index contributed by atoms with van der Waals surface area (Å²) in [6.45, 7) is 0. The molecule has 0 saturated heterocycles. The van der Waals surface area contributed by atoms with E-state index in [-0.39, 0.29) is 22.2 Å². The molecule has 1 N–H and O–H groups in total. The van der Waals surface area contributed by atoms with Crippen LogP contribution in [0, 0.1) is 0 Å². The van der Waals surface area contributed by atoms with Crippen molar-refractivity contribution in [2.45, 2.75) is 99.4 Å². The van der Waals surface area contributed by atoms with Crippen LogP contribution in [0.4, 0.5) is 5.13 Å². The van der Waals surface area contributed by atoms with Gasteiger partial charge in [0.05, 0.1) is 27.6 Å². The smallest absolute Gasteiger partial charge is 0.261 e. The fourth-order valence-corrected chi connectivity index (χ4v) is 8.01. The third kappa shape index (κ3) is 5.00. The lowest BCUT2D eigenvalue weighted by Crippen LogP contribution is -2.27. The van der Waals surface area contributed by atoms with Gasteiger partial charge in [0.25, 0.3) is 5.91 Å². The summed E-state index contributed by atoms with van der Waals surface area (Å²) >= 11 is 1.54. The number of aromatic nitrogens is 2. The summed E-state index contributed by atoms with van der Waals surface area (Å²) in [5.74, 6) is -0.299. The highest BCUT2D eigenvalue weighted by Crippen LogP contribution is 2.33. The highest BCUT2D eigenvalue weighted by atomic mass is 32.2. The summed E-state index contributed by atoms with van der Waals surface area (Å²) in [5, 5.41) is 3.23. The van der Waals surface area contributed by atoms with E-state index < -0.39 is 15.9 Å². The number of rotatable bonds is 7. The zero-order valence-corrected chi connectivity index (χ0v) is 20.4. The molecule has 2 saturated carbocycles. The molecule has 33 heavy (non-hydrogen) atoms. The van der Waals surface area contributed by atoms with Crippen LogP contribution in [0.3, 0.4) is 0 Å². The zero-order valence-electron chi connectivity index (χ0n) is 18.8. The zero-order chi connectivity index (χ0) is 22.8. The monoisotopic (exact) mass is 489 g/mol. The van der Waals surface area contributed by atoms with E-state index in [0.717, 1.165) is 69.9 Å². The number of carbonyl (C=O) groups excluding carboxylic acids is 1. The van der Waals surface area contributed by atoms with Gasteiger partial charge in [-0.25, -0.2) is 13.4 Å². The molecule has 7 nitrogen and oxygen atoms in total. The summed E-state index contributed by atoms with van der Waals surface area (Å²) in [6.07, 6.45) is 12.1. The third-order valence-electron chi connectivity index (χ3n) is 7.04. The van der Waals surface area contributed by atoms with Crippen LogP contribution in [-0.4, -0.2) is 35.6 Å². The summed E-state index contributed by atoms with van der Waals surface area (Å²) in [5.41, 5.74) is 1.53. The molecule has 0 bridgehead atoms. The Labute approximate surface area is 199 Å². The second-order valence-electron chi connectivity index (χ2n) is 9.38. The molecule has 3 aliphatic rings. The average molecular weight is 490 g/mol. The quantitative estimate of drug-likeness (QED) is 0.601. The fraction of sp³-hybridized carbons (Fsp3) is 0.625. The van der Waals surface area contributed by atoms with Gasteiger partial charge in [0.15, 0.2) is 21.1 Å². The lowest BCUT2D eigenvalue weighted by molar-refractivity contribution is -0.132. The molecule has 0 aromatic carbocycles. The van der Waals surface area contributed by atoms with Crippen LogP contribution in [0.25, 0.3) is 0 Å². The van der Waals surface area contributed by atoms with Crippen molar-refractivity contribution in [3.05, 3.63) is 34.6 Å². The number of hydrogen-bond acceptors (Lipinski definition) is 7. The van der Waals surface area contributed by atoms with Crippen molar-refractivity contribution in [3.63, 3.8) is 0 Å². The number of amides is 1. The minimum absolute atomic E-state index is 0.00829. The number of sulfone groups is 1. The van der Waals surface area contributed by atoms with Crippen molar-refractivity contribution in [1.82, 2.24) is 9.97 Å². The first-order valence-electron chi connectivity index (χ1n) is 12.2. The molecule has 3 aliphatic carbocycles. The number of nitrogens with one attached hydrogen (secondary N) is 1. The lowest BCUT2D eigenvalue weighted by atomic mass is 10.0. The van der Waals surface area contributed by atoms with E-state index >= 15 is 0 Å². The maximum atomic E-state index is 13.3. The van der Waals surface area contributed by atoms with Crippen LogP contribution in [0.1, 0.15) is 86.6 Å². The highest BCUT2D eigenvalue weighted by Gasteiger charge is 2.32. The van der Waals surface area contributed by atoms with Crippen molar-refractivity contribution >= 4 is 32.2 Å². The maximum absolute atomic E-state index is 13.3. The Morgan fingerprint density at radius 3 is 2.45 bits per heavy atom. The van der Waals surface area contributed by atoms with E-state index in [0.29, 0.717) is 23.7 Å². The van der Waals surface area contributed by atoms with Crippen LogP contribution in [0.5, 0.6) is 0 Å². The first kappa shape index (κ1) is 22.9. The normalized spacial score (nSPS) is 20.6. The molecular weight excluding hydrogens is 458 g/mol. The number of ether oxygens (including phenoxy) is 1. The minimum atomic E-state index is -3.39. The van der Waals surface area contributed by atoms with Crippen LogP contribution in [0.15, 0.2) is 23.2 Å². The Bertz CT molecular complexity index is 1060. The van der Waals surface area contributed by atoms with Gasteiger partial charge in [0.1, 0.15) is 0 Å². The number of thiazole rings is 1. The van der Waals surface area contributed by atoms with E-state index in [1.807, 2.05) is 0 Å². The number of hydrogen-bond donors (Lipinski definition) is 1. The standard InChI is InChI=1S/C24H31N3O4S2/c28-23(27-24-26-19-11-5-6-12-21(19)32-24)22(31-16-7-1-2-8-16)20-14-13-18(15-25-20)33(29,30)17-9-3-4-10-17/h13-17,22H,1-12H2,(H,26,27,28). The molecule has 0 aliphatic heterocycles. The molecule has 5 rings (SSSR count). The number of carbonyl (C=O) groups is 1. The first-order chi connectivity index (χ1) is 16.0. The molecule has 2 fully saturated rings. The molecule has 2 aromatic heterocycles. The Morgan fingerprint density at radius 2 is 1.76 bits per heavy atom. The van der Waals surface area contributed by atoms with Gasteiger partial charge in [-0.15, -0.1) is 11.3 Å². The van der Waals surface area contributed by atoms with Crippen LogP contribution in [0.2, 0.25) is 0 Å². The van der Waals surface area contributed by atoms with Crippen molar-refractivity contribution in [2.75, 3.05) is 5.32 Å². The second-order valence-corrected chi connectivity index (χ2v) is 12.7. The molecule has 1 unspecified atom stereocenters. The molecule has 178 valence electrons. The molecule has 2 heterocycles. The van der Waals surface area contributed by atoms with Gasteiger partial charge in [-0.1, -0.05) is 25.7 Å². The van der Waals surface area contributed by atoms with Crippen molar-refractivity contribution < 1.29 is 17.9 Å². The van der Waals surface area contributed by atoms with E-state index in [4.69, 9.17) is 4.74 Å².